The second kappa shape index (κ2) is 5.94. The van der Waals surface area contributed by atoms with E-state index in [0.29, 0.717) is 5.41 Å². The van der Waals surface area contributed by atoms with Gasteiger partial charge in [-0.1, -0.05) is 34.1 Å². The van der Waals surface area contributed by atoms with Crippen LogP contribution in [0.15, 0.2) is 0 Å². The predicted octanol–water partition coefficient (Wildman–Crippen LogP) is 4.62. The summed E-state index contributed by atoms with van der Waals surface area (Å²) in [4.78, 5) is 0. The van der Waals surface area contributed by atoms with E-state index < -0.39 is 0 Å². The van der Waals surface area contributed by atoms with Gasteiger partial charge in [-0.3, -0.25) is 0 Å². The molecule has 0 aromatic rings. The van der Waals surface area contributed by atoms with Crippen molar-refractivity contribution in [3.8, 4) is 0 Å². The molecule has 0 aromatic carbocycles. The molecule has 2 aliphatic rings. The van der Waals surface area contributed by atoms with E-state index in [-0.39, 0.29) is 0 Å². The Hall–Kier alpha value is -0.0400. The molecule has 0 radical (unpaired) electrons. The predicted molar refractivity (Wildman–Crippen MR) is 79.7 cm³/mol. The van der Waals surface area contributed by atoms with Crippen molar-refractivity contribution in [2.45, 2.75) is 78.7 Å². The average molecular weight is 251 g/mol. The first-order chi connectivity index (χ1) is 8.49. The summed E-state index contributed by atoms with van der Waals surface area (Å²) in [6.07, 6.45) is 10.1. The van der Waals surface area contributed by atoms with Crippen molar-refractivity contribution in [3.63, 3.8) is 0 Å². The van der Waals surface area contributed by atoms with Crippen LogP contribution in [-0.2, 0) is 0 Å². The first-order valence-electron chi connectivity index (χ1n) is 8.23. The van der Waals surface area contributed by atoms with Gasteiger partial charge in [0.1, 0.15) is 0 Å². The summed E-state index contributed by atoms with van der Waals surface area (Å²) in [6, 6.07) is 0.820. The molecule has 0 saturated heterocycles. The van der Waals surface area contributed by atoms with Gasteiger partial charge in [-0.2, -0.15) is 0 Å². The summed E-state index contributed by atoms with van der Waals surface area (Å²) in [7, 11) is 0. The molecule has 2 fully saturated rings. The van der Waals surface area contributed by atoms with Crippen LogP contribution >= 0.6 is 0 Å². The van der Waals surface area contributed by atoms with E-state index in [9.17, 15) is 0 Å². The summed E-state index contributed by atoms with van der Waals surface area (Å²) in [6.45, 7) is 10.6. The highest BCUT2D eigenvalue weighted by molar-refractivity contribution is 4.99. The lowest BCUT2D eigenvalue weighted by Crippen LogP contribution is -2.36. The van der Waals surface area contributed by atoms with E-state index in [4.69, 9.17) is 0 Å². The Balaban J connectivity index is 1.73. The van der Waals surface area contributed by atoms with Crippen LogP contribution in [0.3, 0.4) is 0 Å². The Morgan fingerprint density at radius 1 is 1.11 bits per heavy atom. The van der Waals surface area contributed by atoms with Crippen molar-refractivity contribution in [1.29, 1.82) is 0 Å². The topological polar surface area (TPSA) is 12.0 Å². The van der Waals surface area contributed by atoms with Crippen molar-refractivity contribution in [2.24, 2.45) is 23.2 Å². The van der Waals surface area contributed by atoms with E-state index in [1.165, 1.54) is 45.1 Å². The van der Waals surface area contributed by atoms with E-state index in [0.717, 1.165) is 23.8 Å². The summed E-state index contributed by atoms with van der Waals surface area (Å²) in [5, 5.41) is 3.84. The molecule has 0 spiro atoms. The highest BCUT2D eigenvalue weighted by Crippen LogP contribution is 2.55. The molecule has 3 atom stereocenters. The third-order valence-corrected chi connectivity index (χ3v) is 4.95. The standard InChI is InChI=1S/C17H33N/c1-5-9-18-16(7-6-8-17(2,3)4)15-11-13-10-14(13)12-15/h13-16,18H,5-12H2,1-4H3. The normalized spacial score (nSPS) is 32.3. The van der Waals surface area contributed by atoms with E-state index in [1.807, 2.05) is 0 Å². The Labute approximate surface area is 114 Å². The minimum absolute atomic E-state index is 0.507. The molecule has 18 heavy (non-hydrogen) atoms. The molecule has 0 amide bonds. The zero-order valence-corrected chi connectivity index (χ0v) is 13.0. The van der Waals surface area contributed by atoms with Gasteiger partial charge in [-0.05, 0) is 68.2 Å². The molecule has 0 heterocycles. The van der Waals surface area contributed by atoms with Gasteiger partial charge in [0.25, 0.3) is 0 Å². The van der Waals surface area contributed by atoms with Gasteiger partial charge in [0, 0.05) is 6.04 Å². The summed E-state index contributed by atoms with van der Waals surface area (Å²) >= 11 is 0. The maximum atomic E-state index is 3.84. The van der Waals surface area contributed by atoms with Crippen LogP contribution in [0.1, 0.15) is 72.6 Å². The van der Waals surface area contributed by atoms with Gasteiger partial charge in [0.2, 0.25) is 0 Å². The van der Waals surface area contributed by atoms with Crippen LogP contribution in [0.5, 0.6) is 0 Å². The number of rotatable bonds is 7. The zero-order valence-electron chi connectivity index (χ0n) is 13.0. The van der Waals surface area contributed by atoms with Gasteiger partial charge < -0.3 is 5.32 Å². The zero-order chi connectivity index (χ0) is 13.2. The first kappa shape index (κ1) is 14.4. The molecule has 1 heteroatoms. The number of hydrogen-bond acceptors (Lipinski definition) is 1. The summed E-state index contributed by atoms with van der Waals surface area (Å²) in [5.74, 6) is 3.26. The highest BCUT2D eigenvalue weighted by Gasteiger charge is 2.47. The van der Waals surface area contributed by atoms with E-state index in [1.54, 1.807) is 6.42 Å². The SMILES string of the molecule is CCCNC(CCCC(C)(C)C)C1CC2CC2C1. The maximum Gasteiger partial charge on any atom is 0.00955 e. The molecule has 2 rings (SSSR count). The lowest BCUT2D eigenvalue weighted by Gasteiger charge is -2.27. The molecule has 0 bridgehead atoms. The smallest absolute Gasteiger partial charge is 0.00955 e. The molecule has 0 aliphatic heterocycles. The molecule has 3 unspecified atom stereocenters. The number of nitrogens with one attached hydrogen (secondary N) is 1. The van der Waals surface area contributed by atoms with Crippen LogP contribution in [0.25, 0.3) is 0 Å². The Kier molecular flexibility index (Phi) is 4.75. The summed E-state index contributed by atoms with van der Waals surface area (Å²) in [5.41, 5.74) is 0.507. The van der Waals surface area contributed by atoms with E-state index >= 15 is 0 Å². The molecule has 0 aromatic heterocycles. The van der Waals surface area contributed by atoms with Gasteiger partial charge in [0.05, 0.1) is 0 Å². The van der Waals surface area contributed by atoms with Gasteiger partial charge in [-0.15, -0.1) is 0 Å². The second-order valence-electron chi connectivity index (χ2n) is 8.00. The molecular weight excluding hydrogens is 218 g/mol. The van der Waals surface area contributed by atoms with Crippen molar-refractivity contribution >= 4 is 0 Å². The quantitative estimate of drug-likeness (QED) is 0.696. The average Bonchev–Trinajstić information content (AvgIpc) is 2.89. The number of hydrogen-bond donors (Lipinski definition) is 1. The highest BCUT2D eigenvalue weighted by atomic mass is 14.9. The first-order valence-corrected chi connectivity index (χ1v) is 8.23. The minimum atomic E-state index is 0.507. The van der Waals surface area contributed by atoms with Gasteiger partial charge >= 0.3 is 0 Å². The van der Waals surface area contributed by atoms with Crippen molar-refractivity contribution in [3.05, 3.63) is 0 Å². The maximum absolute atomic E-state index is 3.84. The van der Waals surface area contributed by atoms with Gasteiger partial charge in [-0.25, -0.2) is 0 Å². The van der Waals surface area contributed by atoms with Crippen molar-refractivity contribution < 1.29 is 0 Å². The largest absolute Gasteiger partial charge is 0.314 e. The Morgan fingerprint density at radius 2 is 1.78 bits per heavy atom. The molecule has 1 N–H and O–H groups in total. The Bertz CT molecular complexity index is 243. The minimum Gasteiger partial charge on any atom is -0.314 e. The Morgan fingerprint density at radius 3 is 2.33 bits per heavy atom. The second-order valence-corrected chi connectivity index (χ2v) is 8.00. The van der Waals surface area contributed by atoms with Crippen LogP contribution in [0, 0.1) is 23.2 Å². The fraction of sp³-hybridized carbons (Fsp3) is 1.00. The molecule has 1 nitrogen and oxygen atoms in total. The van der Waals surface area contributed by atoms with Crippen LogP contribution in [0.2, 0.25) is 0 Å². The van der Waals surface area contributed by atoms with Crippen molar-refractivity contribution in [1.82, 2.24) is 5.32 Å². The fourth-order valence-corrected chi connectivity index (χ4v) is 3.78. The monoisotopic (exact) mass is 251 g/mol. The molecule has 106 valence electrons. The fourth-order valence-electron chi connectivity index (χ4n) is 3.78. The lowest BCUT2D eigenvalue weighted by molar-refractivity contribution is 0.286. The van der Waals surface area contributed by atoms with Crippen LogP contribution < -0.4 is 5.32 Å². The number of fused-ring (bicyclic) bond motifs is 1. The molecule has 2 aliphatic carbocycles. The third-order valence-electron chi connectivity index (χ3n) is 4.95. The van der Waals surface area contributed by atoms with Crippen LogP contribution in [-0.4, -0.2) is 12.6 Å². The summed E-state index contributed by atoms with van der Waals surface area (Å²) < 4.78 is 0. The van der Waals surface area contributed by atoms with Crippen molar-refractivity contribution in [2.75, 3.05) is 6.54 Å². The third kappa shape index (κ3) is 4.26. The molecular formula is C17H33N. The molecule has 2 saturated carbocycles. The van der Waals surface area contributed by atoms with Gasteiger partial charge in [0.15, 0.2) is 0 Å². The lowest BCUT2D eigenvalue weighted by atomic mass is 9.85. The van der Waals surface area contributed by atoms with Crippen LogP contribution in [0.4, 0.5) is 0 Å². The van der Waals surface area contributed by atoms with E-state index in [2.05, 4.69) is 33.0 Å².